The molecule has 1 aromatic rings. The van der Waals surface area contributed by atoms with Gasteiger partial charge in [-0.1, -0.05) is 15.9 Å². The predicted octanol–water partition coefficient (Wildman–Crippen LogP) is 3.12. The third-order valence-corrected chi connectivity index (χ3v) is 5.97. The molecule has 1 aromatic heterocycles. The third-order valence-electron chi connectivity index (χ3n) is 2.22. The Balaban J connectivity index is 1.97. The van der Waals surface area contributed by atoms with Crippen molar-refractivity contribution >= 4 is 39.0 Å². The first-order valence-corrected chi connectivity index (χ1v) is 7.33. The minimum Gasteiger partial charge on any atom is -0.247 e. The number of aromatic nitrogens is 1. The second kappa shape index (κ2) is 4.32. The first-order valence-electron chi connectivity index (χ1n) is 4.38. The van der Waals surface area contributed by atoms with Crippen molar-refractivity contribution in [2.45, 2.75) is 18.2 Å². The van der Waals surface area contributed by atoms with Crippen LogP contribution in [0.5, 0.6) is 0 Å². The number of hydrogen-bond donors (Lipinski definition) is 0. The number of rotatable bonds is 2. The summed E-state index contributed by atoms with van der Waals surface area (Å²) >= 11 is 7.57. The van der Waals surface area contributed by atoms with Gasteiger partial charge in [0, 0.05) is 28.1 Å². The van der Waals surface area contributed by atoms with Crippen LogP contribution in [0.25, 0.3) is 0 Å². The lowest BCUT2D eigenvalue weighted by Gasteiger charge is -2.09. The van der Waals surface area contributed by atoms with E-state index in [-0.39, 0.29) is 0 Å². The Morgan fingerprint density at radius 3 is 3.00 bits per heavy atom. The van der Waals surface area contributed by atoms with Crippen molar-refractivity contribution in [2.24, 2.45) is 5.92 Å². The molecule has 0 aliphatic carbocycles. The lowest BCUT2D eigenvalue weighted by atomic mass is 10.1. The van der Waals surface area contributed by atoms with Crippen LogP contribution in [0.4, 0.5) is 0 Å². The van der Waals surface area contributed by atoms with Gasteiger partial charge in [0.05, 0.1) is 5.01 Å². The molecule has 72 valence electrons. The number of hydrogen-bond acceptors (Lipinski definition) is 3. The molecule has 1 aliphatic heterocycles. The predicted molar refractivity (Wildman–Crippen MR) is 64.1 cm³/mol. The van der Waals surface area contributed by atoms with Gasteiger partial charge >= 0.3 is 0 Å². The highest BCUT2D eigenvalue weighted by molar-refractivity contribution is 9.09. The van der Waals surface area contributed by atoms with E-state index in [4.69, 9.17) is 0 Å². The number of alkyl halides is 1. The minimum atomic E-state index is 0.696. The van der Waals surface area contributed by atoms with Crippen LogP contribution in [0.2, 0.25) is 0 Å². The van der Waals surface area contributed by atoms with Gasteiger partial charge in [-0.25, -0.2) is 4.98 Å². The fourth-order valence-corrected chi connectivity index (χ4v) is 4.81. The topological polar surface area (TPSA) is 12.9 Å². The summed E-state index contributed by atoms with van der Waals surface area (Å²) in [4.78, 5) is 5.19. The van der Waals surface area contributed by atoms with E-state index in [2.05, 4.69) is 33.2 Å². The summed E-state index contributed by atoms with van der Waals surface area (Å²) < 4.78 is 0. The van der Waals surface area contributed by atoms with Crippen LogP contribution in [-0.2, 0) is 6.42 Å². The summed E-state index contributed by atoms with van der Waals surface area (Å²) in [6.45, 7) is 2.06. The Kier molecular flexibility index (Phi) is 3.32. The Hall–Kier alpha value is 0.460. The monoisotopic (exact) mass is 277 g/mol. The summed E-state index contributed by atoms with van der Waals surface area (Å²) in [7, 11) is 0. The van der Waals surface area contributed by atoms with E-state index >= 15 is 0 Å². The van der Waals surface area contributed by atoms with Crippen molar-refractivity contribution < 1.29 is 0 Å². The average Bonchev–Trinajstić information content (AvgIpc) is 2.64. The van der Waals surface area contributed by atoms with Gasteiger partial charge in [0.25, 0.3) is 0 Å². The molecule has 2 heterocycles. The Labute approximate surface area is 95.5 Å². The normalized spacial score (nSPS) is 28.2. The second-order valence-corrected chi connectivity index (χ2v) is 6.59. The molecule has 2 rings (SSSR count). The zero-order valence-electron chi connectivity index (χ0n) is 7.50. The molecule has 1 nitrogen and oxygen atoms in total. The van der Waals surface area contributed by atoms with Crippen molar-refractivity contribution in [1.82, 2.24) is 4.98 Å². The first-order chi connectivity index (χ1) is 6.25. The number of thioether (sulfide) groups is 1. The molecule has 0 radical (unpaired) electrons. The Morgan fingerprint density at radius 2 is 2.46 bits per heavy atom. The fourth-order valence-electron chi connectivity index (χ4n) is 1.48. The minimum absolute atomic E-state index is 0.696. The smallest absolute Gasteiger partial charge is 0.0931 e. The molecule has 1 saturated heterocycles. The standard InChI is InChI=1S/C9H12BrNS2/c1-6-3-13-9(11-6)2-7-4-12-5-8(7)10/h3,7-8H,2,4-5H2,1H3. The third kappa shape index (κ3) is 2.48. The van der Waals surface area contributed by atoms with Gasteiger partial charge in [-0.3, -0.25) is 0 Å². The SMILES string of the molecule is Cc1csc(CC2CSCC2Br)n1. The fraction of sp³-hybridized carbons (Fsp3) is 0.667. The summed E-state index contributed by atoms with van der Waals surface area (Å²) in [5, 5.41) is 3.44. The van der Waals surface area contributed by atoms with Crippen LogP contribution in [0, 0.1) is 12.8 Å². The van der Waals surface area contributed by atoms with E-state index in [9.17, 15) is 0 Å². The molecule has 0 amide bonds. The molecule has 0 saturated carbocycles. The van der Waals surface area contributed by atoms with E-state index in [0.717, 1.165) is 18.0 Å². The Morgan fingerprint density at radius 1 is 1.62 bits per heavy atom. The molecule has 1 fully saturated rings. The van der Waals surface area contributed by atoms with Gasteiger partial charge in [0.2, 0.25) is 0 Å². The lowest BCUT2D eigenvalue weighted by molar-refractivity contribution is 0.613. The van der Waals surface area contributed by atoms with Gasteiger partial charge in [-0.05, 0) is 18.6 Å². The van der Waals surface area contributed by atoms with Crippen molar-refractivity contribution in [3.63, 3.8) is 0 Å². The molecule has 2 unspecified atom stereocenters. The molecule has 13 heavy (non-hydrogen) atoms. The quantitative estimate of drug-likeness (QED) is 0.771. The van der Waals surface area contributed by atoms with Crippen molar-refractivity contribution in [2.75, 3.05) is 11.5 Å². The van der Waals surface area contributed by atoms with Gasteiger partial charge in [-0.2, -0.15) is 11.8 Å². The van der Waals surface area contributed by atoms with E-state index in [1.54, 1.807) is 11.3 Å². The maximum atomic E-state index is 4.50. The second-order valence-electron chi connectivity index (χ2n) is 3.40. The van der Waals surface area contributed by atoms with Crippen molar-refractivity contribution in [1.29, 1.82) is 0 Å². The van der Waals surface area contributed by atoms with E-state index in [1.807, 2.05) is 11.8 Å². The summed E-state index contributed by atoms with van der Waals surface area (Å²) in [5.41, 5.74) is 1.16. The number of halogens is 1. The van der Waals surface area contributed by atoms with E-state index < -0.39 is 0 Å². The van der Waals surface area contributed by atoms with Gasteiger partial charge in [0.15, 0.2) is 0 Å². The highest BCUT2D eigenvalue weighted by Gasteiger charge is 2.26. The molecule has 0 spiro atoms. The van der Waals surface area contributed by atoms with Crippen LogP contribution in [-0.4, -0.2) is 21.3 Å². The zero-order valence-corrected chi connectivity index (χ0v) is 10.7. The largest absolute Gasteiger partial charge is 0.247 e. The van der Waals surface area contributed by atoms with Gasteiger partial charge < -0.3 is 0 Å². The van der Waals surface area contributed by atoms with Crippen LogP contribution in [0.15, 0.2) is 5.38 Å². The van der Waals surface area contributed by atoms with E-state index in [0.29, 0.717) is 4.83 Å². The maximum absolute atomic E-state index is 4.50. The lowest BCUT2D eigenvalue weighted by Crippen LogP contribution is -2.14. The molecule has 2 atom stereocenters. The number of thiazole rings is 1. The summed E-state index contributed by atoms with van der Waals surface area (Å²) in [5.74, 6) is 3.33. The number of aryl methyl sites for hydroxylation is 1. The van der Waals surface area contributed by atoms with Crippen molar-refractivity contribution in [3.05, 3.63) is 16.1 Å². The van der Waals surface area contributed by atoms with Crippen LogP contribution < -0.4 is 0 Å². The average molecular weight is 278 g/mol. The molecule has 4 heteroatoms. The summed E-state index contributed by atoms with van der Waals surface area (Å²) in [6.07, 6.45) is 1.15. The molecule has 0 N–H and O–H groups in total. The molecular weight excluding hydrogens is 266 g/mol. The first kappa shape index (κ1) is 9.99. The van der Waals surface area contributed by atoms with Crippen LogP contribution in [0.1, 0.15) is 10.7 Å². The van der Waals surface area contributed by atoms with Crippen LogP contribution >= 0.6 is 39.0 Å². The Bertz CT molecular complexity index is 287. The zero-order chi connectivity index (χ0) is 9.26. The summed E-state index contributed by atoms with van der Waals surface area (Å²) in [6, 6.07) is 0. The molecule has 1 aliphatic rings. The van der Waals surface area contributed by atoms with E-state index in [1.165, 1.54) is 16.5 Å². The molecule has 0 aromatic carbocycles. The van der Waals surface area contributed by atoms with Gasteiger partial charge in [-0.15, -0.1) is 11.3 Å². The highest BCUT2D eigenvalue weighted by atomic mass is 79.9. The highest BCUT2D eigenvalue weighted by Crippen LogP contribution is 2.32. The molecular formula is C9H12BrNS2. The van der Waals surface area contributed by atoms with Crippen LogP contribution in [0.3, 0.4) is 0 Å². The number of nitrogens with zero attached hydrogens (tertiary/aromatic N) is 1. The van der Waals surface area contributed by atoms with Gasteiger partial charge in [0.1, 0.15) is 0 Å². The maximum Gasteiger partial charge on any atom is 0.0931 e. The van der Waals surface area contributed by atoms with Crippen molar-refractivity contribution in [3.8, 4) is 0 Å². The molecule has 0 bridgehead atoms.